The SMILES string of the molecule is O=C1CCC(N2CC3CC(CNC(=O)Nc4ccc5c(c4)OCCO5)CCCC3C2=O)C(O)N1. The second kappa shape index (κ2) is 9.69. The predicted octanol–water partition coefficient (Wildman–Crippen LogP) is 1.44. The number of carbonyl (C=O) groups is 3. The number of urea groups is 1. The summed E-state index contributed by atoms with van der Waals surface area (Å²) in [5, 5.41) is 18.7. The Morgan fingerprint density at radius 1 is 1.15 bits per heavy atom. The van der Waals surface area contributed by atoms with Gasteiger partial charge in [0.2, 0.25) is 11.8 Å². The van der Waals surface area contributed by atoms with Gasteiger partial charge in [-0.05, 0) is 49.7 Å². The van der Waals surface area contributed by atoms with Gasteiger partial charge in [-0.15, -0.1) is 0 Å². The zero-order valence-electron chi connectivity index (χ0n) is 19.1. The van der Waals surface area contributed by atoms with Crippen molar-refractivity contribution in [1.29, 1.82) is 0 Å². The minimum atomic E-state index is -1.01. The topological polar surface area (TPSA) is 129 Å². The summed E-state index contributed by atoms with van der Waals surface area (Å²) in [6.07, 6.45) is 3.39. The third kappa shape index (κ3) is 4.77. The van der Waals surface area contributed by atoms with Crippen molar-refractivity contribution in [1.82, 2.24) is 15.5 Å². The number of fused-ring (bicyclic) bond motifs is 2. The number of anilines is 1. The Balaban J connectivity index is 1.14. The van der Waals surface area contributed by atoms with Gasteiger partial charge >= 0.3 is 6.03 Å². The summed E-state index contributed by atoms with van der Waals surface area (Å²) in [6.45, 7) is 2.14. The number of carbonyl (C=O) groups excluding carboxylic acids is 3. The Labute approximate surface area is 198 Å². The van der Waals surface area contributed by atoms with Crippen LogP contribution in [0.3, 0.4) is 0 Å². The summed E-state index contributed by atoms with van der Waals surface area (Å²) in [5.74, 6) is 1.66. The van der Waals surface area contributed by atoms with Crippen molar-refractivity contribution in [3.05, 3.63) is 18.2 Å². The van der Waals surface area contributed by atoms with E-state index in [1.54, 1.807) is 23.1 Å². The lowest BCUT2D eigenvalue weighted by atomic mass is 9.88. The van der Waals surface area contributed by atoms with E-state index in [-0.39, 0.29) is 41.6 Å². The van der Waals surface area contributed by atoms with Crippen LogP contribution in [-0.4, -0.2) is 66.4 Å². The number of benzene rings is 1. The highest BCUT2D eigenvalue weighted by Gasteiger charge is 2.46. The van der Waals surface area contributed by atoms with E-state index in [0.29, 0.717) is 56.3 Å². The van der Waals surface area contributed by atoms with Crippen molar-refractivity contribution in [2.75, 3.05) is 31.6 Å². The molecule has 1 saturated carbocycles. The van der Waals surface area contributed by atoms with E-state index in [1.165, 1.54) is 0 Å². The molecule has 184 valence electrons. The number of amides is 4. The predicted molar refractivity (Wildman–Crippen MR) is 122 cm³/mol. The van der Waals surface area contributed by atoms with E-state index in [1.807, 2.05) is 0 Å². The van der Waals surface area contributed by atoms with Gasteiger partial charge in [0.1, 0.15) is 19.4 Å². The molecule has 1 aromatic rings. The van der Waals surface area contributed by atoms with E-state index in [0.717, 1.165) is 25.7 Å². The summed E-state index contributed by atoms with van der Waals surface area (Å²) in [5.41, 5.74) is 0.637. The molecule has 1 aromatic carbocycles. The highest BCUT2D eigenvalue weighted by atomic mass is 16.6. The Morgan fingerprint density at radius 3 is 2.79 bits per heavy atom. The summed E-state index contributed by atoms with van der Waals surface area (Å²) in [4.78, 5) is 38.9. The average Bonchev–Trinajstić information content (AvgIpc) is 2.99. The Morgan fingerprint density at radius 2 is 1.97 bits per heavy atom. The molecule has 10 heteroatoms. The minimum Gasteiger partial charge on any atom is -0.486 e. The highest BCUT2D eigenvalue weighted by molar-refractivity contribution is 5.89. The zero-order valence-corrected chi connectivity index (χ0v) is 19.1. The number of nitrogens with zero attached hydrogens (tertiary/aromatic N) is 1. The molecule has 3 heterocycles. The summed E-state index contributed by atoms with van der Waals surface area (Å²) in [6, 6.07) is 4.69. The first-order chi connectivity index (χ1) is 16.5. The van der Waals surface area contributed by atoms with E-state index in [2.05, 4.69) is 16.0 Å². The molecule has 0 aromatic heterocycles. The van der Waals surface area contributed by atoms with Crippen molar-refractivity contribution >= 4 is 23.5 Å². The lowest BCUT2D eigenvalue weighted by molar-refractivity contribution is -0.141. The summed E-state index contributed by atoms with van der Waals surface area (Å²) in [7, 11) is 0. The Bertz CT molecular complexity index is 955. The Hall–Kier alpha value is -3.01. The number of likely N-dealkylation sites (tertiary alicyclic amines) is 1. The van der Waals surface area contributed by atoms with Gasteiger partial charge < -0.3 is 35.4 Å². The van der Waals surface area contributed by atoms with Crippen molar-refractivity contribution in [2.24, 2.45) is 17.8 Å². The van der Waals surface area contributed by atoms with Crippen LogP contribution in [0.15, 0.2) is 18.2 Å². The standard InChI is InChI=1S/C24H32N4O6/c29-21-7-5-18(22(30)27-21)28-13-15-10-14(2-1-3-17(15)23(28)31)12-25-24(32)26-16-4-6-19-20(11-16)34-9-8-33-19/h4,6,11,14-15,17-18,22,30H,1-3,5,7-10,12-13H2,(H,27,29)(H2,25,26,32). The largest absolute Gasteiger partial charge is 0.486 e. The van der Waals surface area contributed by atoms with Crippen LogP contribution in [0.25, 0.3) is 0 Å². The molecular formula is C24H32N4O6. The van der Waals surface area contributed by atoms with Gasteiger partial charge in [0.15, 0.2) is 11.5 Å². The first-order valence-corrected chi connectivity index (χ1v) is 12.2. The molecule has 0 radical (unpaired) electrons. The minimum absolute atomic E-state index is 0.0404. The van der Waals surface area contributed by atoms with E-state index >= 15 is 0 Å². The third-order valence-corrected chi connectivity index (χ3v) is 7.46. The maximum Gasteiger partial charge on any atom is 0.319 e. The van der Waals surface area contributed by atoms with Crippen molar-refractivity contribution in [2.45, 2.75) is 50.8 Å². The summed E-state index contributed by atoms with van der Waals surface area (Å²) < 4.78 is 11.1. The van der Waals surface area contributed by atoms with Gasteiger partial charge in [-0.3, -0.25) is 9.59 Å². The van der Waals surface area contributed by atoms with Crippen molar-refractivity contribution in [3.63, 3.8) is 0 Å². The molecule has 4 aliphatic rings. The van der Waals surface area contributed by atoms with Crippen molar-refractivity contribution in [3.8, 4) is 11.5 Å². The molecule has 0 spiro atoms. The highest BCUT2D eigenvalue weighted by Crippen LogP contribution is 2.40. The molecule has 5 rings (SSSR count). The van der Waals surface area contributed by atoms with Gasteiger partial charge in [-0.2, -0.15) is 0 Å². The second-order valence-electron chi connectivity index (χ2n) is 9.70. The average molecular weight is 473 g/mol. The molecule has 5 unspecified atom stereocenters. The second-order valence-corrected chi connectivity index (χ2v) is 9.70. The maximum atomic E-state index is 13.1. The van der Waals surface area contributed by atoms with Crippen LogP contribution in [0.2, 0.25) is 0 Å². The van der Waals surface area contributed by atoms with Gasteiger partial charge in [0.05, 0.1) is 6.04 Å². The molecule has 5 atom stereocenters. The molecule has 0 bridgehead atoms. The molecule has 4 N–H and O–H groups in total. The fraction of sp³-hybridized carbons (Fsp3) is 0.625. The maximum absolute atomic E-state index is 13.1. The van der Waals surface area contributed by atoms with Gasteiger partial charge in [0.25, 0.3) is 0 Å². The normalized spacial score (nSPS) is 30.7. The van der Waals surface area contributed by atoms with Crippen LogP contribution in [0.5, 0.6) is 11.5 Å². The molecule has 10 nitrogen and oxygen atoms in total. The van der Waals surface area contributed by atoms with Crippen LogP contribution in [0, 0.1) is 17.8 Å². The smallest absolute Gasteiger partial charge is 0.319 e. The number of hydrogen-bond donors (Lipinski definition) is 4. The number of hydrogen-bond acceptors (Lipinski definition) is 6. The third-order valence-electron chi connectivity index (χ3n) is 7.46. The molecule has 2 saturated heterocycles. The fourth-order valence-electron chi connectivity index (χ4n) is 5.77. The van der Waals surface area contributed by atoms with E-state index < -0.39 is 6.23 Å². The molecule has 4 amide bonds. The van der Waals surface area contributed by atoms with Crippen LogP contribution in [0.4, 0.5) is 10.5 Å². The molecule has 1 aliphatic carbocycles. The quantitative estimate of drug-likeness (QED) is 0.525. The first-order valence-electron chi connectivity index (χ1n) is 12.2. The number of aliphatic hydroxyl groups is 1. The van der Waals surface area contributed by atoms with Gasteiger partial charge in [0, 0.05) is 37.2 Å². The molecular weight excluding hydrogens is 440 g/mol. The number of nitrogens with one attached hydrogen (secondary N) is 3. The van der Waals surface area contributed by atoms with Crippen molar-refractivity contribution < 1.29 is 29.0 Å². The van der Waals surface area contributed by atoms with Gasteiger partial charge in [-0.1, -0.05) is 6.42 Å². The van der Waals surface area contributed by atoms with Crippen LogP contribution in [-0.2, 0) is 9.59 Å². The van der Waals surface area contributed by atoms with Crippen LogP contribution < -0.4 is 25.4 Å². The monoisotopic (exact) mass is 472 g/mol. The molecule has 34 heavy (non-hydrogen) atoms. The zero-order chi connectivity index (χ0) is 23.7. The fourth-order valence-corrected chi connectivity index (χ4v) is 5.77. The Kier molecular flexibility index (Phi) is 6.49. The molecule has 3 fully saturated rings. The summed E-state index contributed by atoms with van der Waals surface area (Å²) >= 11 is 0. The number of aliphatic hydroxyl groups excluding tert-OH is 1. The van der Waals surface area contributed by atoms with Crippen LogP contribution in [0.1, 0.15) is 38.5 Å². The van der Waals surface area contributed by atoms with Crippen LogP contribution >= 0.6 is 0 Å². The lowest BCUT2D eigenvalue weighted by Gasteiger charge is -2.35. The first kappa shape index (κ1) is 22.8. The lowest BCUT2D eigenvalue weighted by Crippen LogP contribution is -2.56. The number of ether oxygens (including phenoxy) is 2. The molecule has 3 aliphatic heterocycles. The number of piperidine rings is 1. The van der Waals surface area contributed by atoms with Gasteiger partial charge in [-0.25, -0.2) is 4.79 Å². The van der Waals surface area contributed by atoms with E-state index in [4.69, 9.17) is 9.47 Å². The van der Waals surface area contributed by atoms with E-state index in [9.17, 15) is 19.5 Å². The number of rotatable bonds is 4.